The maximum Gasteiger partial charge on any atom is 0.255 e. The Labute approximate surface area is 99.5 Å². The smallest absolute Gasteiger partial charge is 0.255 e. The van der Waals surface area contributed by atoms with E-state index in [1.165, 1.54) is 6.26 Å². The van der Waals surface area contributed by atoms with Crippen molar-refractivity contribution in [2.45, 2.75) is 6.92 Å². The summed E-state index contributed by atoms with van der Waals surface area (Å²) in [6.45, 7) is 2.71. The molecule has 14 heavy (non-hydrogen) atoms. The van der Waals surface area contributed by atoms with Crippen LogP contribution in [-0.2, 0) is 0 Å². The summed E-state index contributed by atoms with van der Waals surface area (Å²) in [5.41, 5.74) is 0.534. The fraction of sp³-hybridized carbons (Fsp3) is 0.444. The molecule has 0 aliphatic carbocycles. The van der Waals surface area contributed by atoms with Crippen LogP contribution in [0.2, 0.25) is 0 Å². The van der Waals surface area contributed by atoms with Gasteiger partial charge >= 0.3 is 0 Å². The molecule has 1 aromatic rings. The van der Waals surface area contributed by atoms with Gasteiger partial charge in [-0.3, -0.25) is 4.79 Å². The minimum Gasteiger partial charge on any atom is -0.457 e. The standard InChI is InChI=1S/C9H11Br2NO2/c1-6(4-10)5-12-9(13)7-2-3-14-8(7)11/h2-3,6H,4-5H2,1H3,(H,12,13). The van der Waals surface area contributed by atoms with Gasteiger partial charge in [0.25, 0.3) is 5.91 Å². The third-order valence-electron chi connectivity index (χ3n) is 1.74. The normalized spacial score (nSPS) is 12.5. The van der Waals surface area contributed by atoms with E-state index in [-0.39, 0.29) is 5.91 Å². The Bertz CT molecular complexity index is 312. The maximum atomic E-state index is 11.5. The predicted octanol–water partition coefficient (Wildman–Crippen LogP) is 2.80. The third kappa shape index (κ3) is 3.13. The van der Waals surface area contributed by atoms with Gasteiger partial charge in [-0.1, -0.05) is 22.9 Å². The Balaban J connectivity index is 2.47. The van der Waals surface area contributed by atoms with Crippen molar-refractivity contribution in [1.29, 1.82) is 0 Å². The Morgan fingerprint density at radius 1 is 1.71 bits per heavy atom. The molecule has 0 spiro atoms. The van der Waals surface area contributed by atoms with Crippen LogP contribution in [-0.4, -0.2) is 17.8 Å². The molecule has 1 heterocycles. The number of hydrogen-bond acceptors (Lipinski definition) is 2. The van der Waals surface area contributed by atoms with Crippen LogP contribution in [0.1, 0.15) is 17.3 Å². The molecule has 0 saturated heterocycles. The van der Waals surface area contributed by atoms with E-state index in [0.717, 1.165) is 5.33 Å². The summed E-state index contributed by atoms with van der Waals surface area (Å²) < 4.78 is 5.44. The highest BCUT2D eigenvalue weighted by Crippen LogP contribution is 2.17. The molecular formula is C9H11Br2NO2. The molecule has 1 unspecified atom stereocenters. The molecule has 0 aliphatic heterocycles. The average Bonchev–Trinajstić information content (AvgIpc) is 2.60. The Hall–Kier alpha value is -0.290. The molecule has 5 heteroatoms. The van der Waals surface area contributed by atoms with Crippen molar-refractivity contribution < 1.29 is 9.21 Å². The molecule has 0 bridgehead atoms. The number of amides is 1. The average molecular weight is 325 g/mol. The molecule has 0 aliphatic rings. The van der Waals surface area contributed by atoms with Crippen molar-refractivity contribution in [2.24, 2.45) is 5.92 Å². The quantitative estimate of drug-likeness (QED) is 0.865. The second-order valence-corrected chi connectivity index (χ2v) is 4.45. The lowest BCUT2D eigenvalue weighted by molar-refractivity contribution is 0.0947. The third-order valence-corrected chi connectivity index (χ3v) is 3.46. The zero-order chi connectivity index (χ0) is 10.6. The van der Waals surface area contributed by atoms with Crippen LogP contribution in [0.15, 0.2) is 21.4 Å². The molecular weight excluding hydrogens is 314 g/mol. The van der Waals surface area contributed by atoms with E-state index in [0.29, 0.717) is 22.7 Å². The molecule has 0 aromatic carbocycles. The van der Waals surface area contributed by atoms with Gasteiger partial charge in [-0.05, 0) is 27.9 Å². The highest BCUT2D eigenvalue weighted by atomic mass is 79.9. The van der Waals surface area contributed by atoms with Crippen molar-refractivity contribution >= 4 is 37.8 Å². The van der Waals surface area contributed by atoms with Gasteiger partial charge in [0.2, 0.25) is 0 Å². The fourth-order valence-corrected chi connectivity index (χ4v) is 1.52. The lowest BCUT2D eigenvalue weighted by atomic mass is 10.2. The number of hydrogen-bond donors (Lipinski definition) is 1. The minimum absolute atomic E-state index is 0.113. The zero-order valence-electron chi connectivity index (χ0n) is 7.72. The molecule has 0 fully saturated rings. The maximum absolute atomic E-state index is 11.5. The van der Waals surface area contributed by atoms with E-state index in [1.807, 2.05) is 0 Å². The van der Waals surface area contributed by atoms with E-state index in [4.69, 9.17) is 4.42 Å². The van der Waals surface area contributed by atoms with Gasteiger partial charge in [0.15, 0.2) is 4.67 Å². The molecule has 0 radical (unpaired) electrons. The molecule has 3 nitrogen and oxygen atoms in total. The van der Waals surface area contributed by atoms with Crippen molar-refractivity contribution in [3.8, 4) is 0 Å². The lowest BCUT2D eigenvalue weighted by Gasteiger charge is -2.08. The highest BCUT2D eigenvalue weighted by molar-refractivity contribution is 9.10. The summed E-state index contributed by atoms with van der Waals surface area (Å²) in [4.78, 5) is 11.5. The lowest BCUT2D eigenvalue weighted by Crippen LogP contribution is -2.28. The van der Waals surface area contributed by atoms with Crippen LogP contribution in [0.5, 0.6) is 0 Å². The number of carbonyl (C=O) groups is 1. The number of carbonyl (C=O) groups excluding carboxylic acids is 1. The molecule has 1 N–H and O–H groups in total. The summed E-state index contributed by atoms with van der Waals surface area (Å²) in [7, 11) is 0. The fourth-order valence-electron chi connectivity index (χ4n) is 0.872. The van der Waals surface area contributed by atoms with Gasteiger partial charge in [-0.15, -0.1) is 0 Å². The molecule has 1 aromatic heterocycles. The first-order chi connectivity index (χ1) is 6.65. The second kappa shape index (κ2) is 5.56. The van der Waals surface area contributed by atoms with Crippen molar-refractivity contribution in [1.82, 2.24) is 5.32 Å². The Kier molecular flexibility index (Phi) is 4.68. The van der Waals surface area contributed by atoms with Gasteiger partial charge in [0.1, 0.15) is 0 Å². The molecule has 1 rings (SSSR count). The number of nitrogens with one attached hydrogen (secondary N) is 1. The molecule has 1 amide bonds. The van der Waals surface area contributed by atoms with Crippen molar-refractivity contribution in [2.75, 3.05) is 11.9 Å². The number of alkyl halides is 1. The van der Waals surface area contributed by atoms with Crippen LogP contribution in [0.4, 0.5) is 0 Å². The summed E-state index contributed by atoms with van der Waals surface area (Å²) in [6, 6.07) is 1.64. The van der Waals surface area contributed by atoms with Crippen LogP contribution >= 0.6 is 31.9 Å². The monoisotopic (exact) mass is 323 g/mol. The highest BCUT2D eigenvalue weighted by Gasteiger charge is 2.12. The van der Waals surface area contributed by atoms with E-state index < -0.39 is 0 Å². The van der Waals surface area contributed by atoms with Crippen molar-refractivity contribution in [3.63, 3.8) is 0 Å². The summed E-state index contributed by atoms with van der Waals surface area (Å²) in [5, 5.41) is 3.69. The number of halogens is 2. The van der Waals surface area contributed by atoms with Crippen LogP contribution in [0, 0.1) is 5.92 Å². The van der Waals surface area contributed by atoms with E-state index in [1.54, 1.807) is 6.07 Å². The van der Waals surface area contributed by atoms with Gasteiger partial charge < -0.3 is 9.73 Å². The zero-order valence-corrected chi connectivity index (χ0v) is 10.9. The van der Waals surface area contributed by atoms with Crippen LogP contribution < -0.4 is 5.32 Å². The summed E-state index contributed by atoms with van der Waals surface area (Å²) in [6.07, 6.45) is 1.48. The van der Waals surface area contributed by atoms with Gasteiger partial charge in [0, 0.05) is 11.9 Å². The largest absolute Gasteiger partial charge is 0.457 e. The topological polar surface area (TPSA) is 42.2 Å². The van der Waals surface area contributed by atoms with E-state index in [2.05, 4.69) is 44.1 Å². The SMILES string of the molecule is CC(CBr)CNC(=O)c1ccoc1Br. The first-order valence-corrected chi connectivity index (χ1v) is 6.13. The van der Waals surface area contributed by atoms with Gasteiger partial charge in [-0.2, -0.15) is 0 Å². The second-order valence-electron chi connectivity index (χ2n) is 3.08. The number of furan rings is 1. The van der Waals surface area contributed by atoms with Gasteiger partial charge in [0.05, 0.1) is 11.8 Å². The predicted molar refractivity (Wildman–Crippen MR) is 61.7 cm³/mol. The molecule has 0 saturated carbocycles. The summed E-state index contributed by atoms with van der Waals surface area (Å²) >= 11 is 6.50. The Morgan fingerprint density at radius 2 is 2.43 bits per heavy atom. The molecule has 78 valence electrons. The molecule has 1 atom stereocenters. The Morgan fingerprint density at radius 3 is 2.93 bits per heavy atom. The number of rotatable bonds is 4. The van der Waals surface area contributed by atoms with Crippen LogP contribution in [0.3, 0.4) is 0 Å². The van der Waals surface area contributed by atoms with E-state index in [9.17, 15) is 4.79 Å². The van der Waals surface area contributed by atoms with Crippen molar-refractivity contribution in [3.05, 3.63) is 22.6 Å². The van der Waals surface area contributed by atoms with Gasteiger partial charge in [-0.25, -0.2) is 0 Å². The first kappa shape index (κ1) is 11.8. The summed E-state index contributed by atoms with van der Waals surface area (Å²) in [5.74, 6) is 0.308. The first-order valence-electron chi connectivity index (χ1n) is 4.22. The van der Waals surface area contributed by atoms with Crippen LogP contribution in [0.25, 0.3) is 0 Å². The minimum atomic E-state index is -0.113. The van der Waals surface area contributed by atoms with E-state index >= 15 is 0 Å².